The molecule has 4 aliphatic rings. The Balaban J connectivity index is 1.31. The largest absolute Gasteiger partial charge is 0.462 e. The Bertz CT molecular complexity index is 797. The SMILES string of the molecule is CCCCCCCCC(=O)O[C@H]1CC[C@@]2(C)C(=CC[C@@H]3[C@@H]2CC[C@]2(C)C(C(C)CCCC(C)C)CC[C@@H]32)C1. The van der Waals surface area contributed by atoms with Crippen LogP contribution in [0.2, 0.25) is 0 Å². The zero-order valence-electron chi connectivity index (χ0n) is 26.2. The fourth-order valence-electron chi connectivity index (χ4n) is 10.0. The van der Waals surface area contributed by atoms with Gasteiger partial charge in [0.1, 0.15) is 6.10 Å². The van der Waals surface area contributed by atoms with Gasteiger partial charge in [-0.15, -0.1) is 0 Å². The lowest BCUT2D eigenvalue weighted by atomic mass is 9.47. The molecule has 4 aliphatic carbocycles. The summed E-state index contributed by atoms with van der Waals surface area (Å²) >= 11 is 0. The first-order chi connectivity index (χ1) is 18.2. The molecule has 2 unspecified atom stereocenters. The van der Waals surface area contributed by atoms with Gasteiger partial charge in [-0.1, -0.05) is 105 Å². The molecule has 0 N–H and O–H groups in total. The first kappa shape index (κ1) is 30.2. The van der Waals surface area contributed by atoms with Crippen LogP contribution in [-0.2, 0) is 9.53 Å². The molecule has 8 atom stereocenters. The van der Waals surface area contributed by atoms with Crippen LogP contribution in [0.3, 0.4) is 0 Å². The number of ether oxygens (including phenoxy) is 1. The minimum atomic E-state index is 0.0522. The van der Waals surface area contributed by atoms with Crippen LogP contribution >= 0.6 is 0 Å². The van der Waals surface area contributed by atoms with Crippen molar-refractivity contribution in [2.24, 2.45) is 46.3 Å². The van der Waals surface area contributed by atoms with Crippen molar-refractivity contribution < 1.29 is 9.53 Å². The highest BCUT2D eigenvalue weighted by molar-refractivity contribution is 5.69. The first-order valence-corrected chi connectivity index (χ1v) is 17.1. The van der Waals surface area contributed by atoms with E-state index in [0.29, 0.717) is 17.3 Å². The molecule has 0 aliphatic heterocycles. The lowest BCUT2D eigenvalue weighted by Crippen LogP contribution is -2.51. The highest BCUT2D eigenvalue weighted by Crippen LogP contribution is 2.67. The number of hydrogen-bond donors (Lipinski definition) is 0. The second-order valence-electron chi connectivity index (χ2n) is 15.2. The van der Waals surface area contributed by atoms with E-state index in [2.05, 4.69) is 47.6 Å². The van der Waals surface area contributed by atoms with E-state index in [1.54, 1.807) is 5.57 Å². The minimum Gasteiger partial charge on any atom is -0.462 e. The monoisotopic (exact) mass is 526 g/mol. The second-order valence-corrected chi connectivity index (χ2v) is 15.2. The van der Waals surface area contributed by atoms with Crippen molar-refractivity contribution >= 4 is 5.97 Å². The van der Waals surface area contributed by atoms with E-state index in [4.69, 9.17) is 4.74 Å². The molecule has 4 rings (SSSR count). The molecule has 0 spiro atoms. The van der Waals surface area contributed by atoms with E-state index in [0.717, 1.165) is 54.8 Å². The van der Waals surface area contributed by atoms with Crippen LogP contribution in [0.15, 0.2) is 11.6 Å². The van der Waals surface area contributed by atoms with Gasteiger partial charge in [0, 0.05) is 12.8 Å². The Hall–Kier alpha value is -0.790. The van der Waals surface area contributed by atoms with Crippen LogP contribution < -0.4 is 0 Å². The summed E-state index contributed by atoms with van der Waals surface area (Å²) in [6.07, 6.45) is 25.3. The molecule has 0 aromatic carbocycles. The van der Waals surface area contributed by atoms with Crippen molar-refractivity contribution in [3.05, 3.63) is 11.6 Å². The predicted molar refractivity (Wildman–Crippen MR) is 161 cm³/mol. The molecule has 0 amide bonds. The molecule has 3 fully saturated rings. The normalized spacial score (nSPS) is 37.2. The molecule has 38 heavy (non-hydrogen) atoms. The minimum absolute atomic E-state index is 0.0522. The summed E-state index contributed by atoms with van der Waals surface area (Å²) in [6.45, 7) is 14.9. The van der Waals surface area contributed by atoms with Gasteiger partial charge in [-0.2, -0.15) is 0 Å². The average Bonchev–Trinajstić information content (AvgIpc) is 3.23. The zero-order chi connectivity index (χ0) is 27.3. The van der Waals surface area contributed by atoms with Gasteiger partial charge in [0.2, 0.25) is 0 Å². The third kappa shape index (κ3) is 6.57. The molecule has 2 nitrogen and oxygen atoms in total. The Kier molecular flexibility index (Phi) is 10.5. The van der Waals surface area contributed by atoms with Crippen LogP contribution in [-0.4, -0.2) is 12.1 Å². The average molecular weight is 527 g/mol. The molecule has 2 heteroatoms. The maximum absolute atomic E-state index is 12.6. The highest BCUT2D eigenvalue weighted by atomic mass is 16.5. The molecule has 0 radical (unpaired) electrons. The Morgan fingerprint density at radius 1 is 0.921 bits per heavy atom. The summed E-state index contributed by atoms with van der Waals surface area (Å²) in [5.74, 6) is 5.34. The summed E-state index contributed by atoms with van der Waals surface area (Å²) in [4.78, 5) is 12.6. The van der Waals surface area contributed by atoms with E-state index in [9.17, 15) is 4.79 Å². The van der Waals surface area contributed by atoms with Gasteiger partial charge in [-0.25, -0.2) is 0 Å². The van der Waals surface area contributed by atoms with E-state index >= 15 is 0 Å². The maximum Gasteiger partial charge on any atom is 0.306 e. The maximum atomic E-state index is 12.6. The van der Waals surface area contributed by atoms with Crippen LogP contribution in [0, 0.1) is 46.3 Å². The number of rotatable bonds is 13. The van der Waals surface area contributed by atoms with Gasteiger partial charge < -0.3 is 4.74 Å². The first-order valence-electron chi connectivity index (χ1n) is 17.1. The number of carbonyl (C=O) groups is 1. The molecular weight excluding hydrogens is 464 g/mol. The summed E-state index contributed by atoms with van der Waals surface area (Å²) in [5, 5.41) is 0. The Morgan fingerprint density at radius 2 is 1.68 bits per heavy atom. The van der Waals surface area contributed by atoms with E-state index < -0.39 is 0 Å². The molecule has 0 saturated heterocycles. The highest BCUT2D eigenvalue weighted by Gasteiger charge is 2.59. The fourth-order valence-corrected chi connectivity index (χ4v) is 10.0. The van der Waals surface area contributed by atoms with Crippen LogP contribution in [0.25, 0.3) is 0 Å². The molecule has 0 aromatic rings. The molecule has 218 valence electrons. The van der Waals surface area contributed by atoms with Crippen molar-refractivity contribution in [2.45, 2.75) is 163 Å². The molecule has 0 heterocycles. The number of allylic oxidation sites excluding steroid dienone is 1. The van der Waals surface area contributed by atoms with E-state index in [1.807, 2.05) is 0 Å². The predicted octanol–water partition coefficient (Wildman–Crippen LogP) is 10.7. The summed E-state index contributed by atoms with van der Waals surface area (Å²) in [6, 6.07) is 0. The molecule has 3 saturated carbocycles. The molecular formula is C36H62O2. The number of esters is 1. The molecule has 0 aromatic heterocycles. The Morgan fingerprint density at radius 3 is 2.45 bits per heavy atom. The quantitative estimate of drug-likeness (QED) is 0.135. The van der Waals surface area contributed by atoms with Gasteiger partial charge in [0.25, 0.3) is 0 Å². The van der Waals surface area contributed by atoms with Crippen molar-refractivity contribution in [1.82, 2.24) is 0 Å². The van der Waals surface area contributed by atoms with Crippen LogP contribution in [0.5, 0.6) is 0 Å². The summed E-state index contributed by atoms with van der Waals surface area (Å²) in [7, 11) is 0. The summed E-state index contributed by atoms with van der Waals surface area (Å²) in [5.41, 5.74) is 2.54. The number of carbonyl (C=O) groups excluding carboxylic acids is 1. The van der Waals surface area contributed by atoms with Gasteiger partial charge >= 0.3 is 5.97 Å². The number of unbranched alkanes of at least 4 members (excludes halogenated alkanes) is 5. The van der Waals surface area contributed by atoms with Crippen molar-refractivity contribution in [3.8, 4) is 0 Å². The van der Waals surface area contributed by atoms with Gasteiger partial charge in [0.15, 0.2) is 0 Å². The fraction of sp³-hybridized carbons (Fsp3) is 0.917. The molecule has 0 bridgehead atoms. The Labute approximate surface area is 236 Å². The van der Waals surface area contributed by atoms with E-state index in [1.165, 1.54) is 89.9 Å². The summed E-state index contributed by atoms with van der Waals surface area (Å²) < 4.78 is 6.04. The third-order valence-corrected chi connectivity index (χ3v) is 12.3. The van der Waals surface area contributed by atoms with Gasteiger partial charge in [-0.3, -0.25) is 4.79 Å². The number of hydrogen-bond acceptors (Lipinski definition) is 2. The van der Waals surface area contributed by atoms with Crippen LogP contribution in [0.1, 0.15) is 157 Å². The standard InChI is InChI=1S/C36H62O2/c1-7-8-9-10-11-12-16-34(37)38-29-21-23-35(5)28(25-29)17-18-30-32-20-19-31(27(4)15-13-14-26(2)3)36(32,6)24-22-33(30)35/h17,26-27,29-33H,7-16,18-25H2,1-6H3/t27?,29-,30-,31?,32-,33-,35-,36+/m0/s1. The van der Waals surface area contributed by atoms with Crippen LogP contribution in [0.4, 0.5) is 0 Å². The lowest BCUT2D eigenvalue weighted by molar-refractivity contribution is -0.151. The van der Waals surface area contributed by atoms with Crippen molar-refractivity contribution in [1.29, 1.82) is 0 Å². The van der Waals surface area contributed by atoms with Crippen molar-refractivity contribution in [2.75, 3.05) is 0 Å². The third-order valence-electron chi connectivity index (χ3n) is 12.3. The lowest BCUT2D eigenvalue weighted by Gasteiger charge is -2.58. The smallest absolute Gasteiger partial charge is 0.306 e. The van der Waals surface area contributed by atoms with Crippen molar-refractivity contribution in [3.63, 3.8) is 0 Å². The zero-order valence-corrected chi connectivity index (χ0v) is 26.2. The van der Waals surface area contributed by atoms with Gasteiger partial charge in [-0.05, 0) is 97.7 Å². The second kappa shape index (κ2) is 13.2. The van der Waals surface area contributed by atoms with Gasteiger partial charge in [0.05, 0.1) is 0 Å². The van der Waals surface area contributed by atoms with E-state index in [-0.39, 0.29) is 12.1 Å². The topological polar surface area (TPSA) is 26.3 Å². The number of fused-ring (bicyclic) bond motifs is 5.